The number of nitrogens with one attached hydrogen (secondary N) is 1. The van der Waals surface area contributed by atoms with Crippen LogP contribution in [0.25, 0.3) is 0 Å². The molecule has 0 spiro atoms. The molecule has 126 valence electrons. The van der Waals surface area contributed by atoms with Crippen LogP contribution in [0.2, 0.25) is 0 Å². The zero-order chi connectivity index (χ0) is 17.3. The number of hydrogen-bond donors (Lipinski definition) is 1. The molecule has 0 bridgehead atoms. The first-order chi connectivity index (χ1) is 11.0. The number of methoxy groups -OCH3 is 1. The van der Waals surface area contributed by atoms with Crippen molar-refractivity contribution in [3.8, 4) is 6.07 Å². The Kier molecular flexibility index (Phi) is 8.04. The molecule has 0 amide bonds. The van der Waals surface area contributed by atoms with Gasteiger partial charge in [0.15, 0.2) is 5.41 Å². The van der Waals surface area contributed by atoms with E-state index in [0.717, 1.165) is 5.56 Å². The first kappa shape index (κ1) is 19.4. The normalized spacial score (nSPS) is 16.0. The van der Waals surface area contributed by atoms with Gasteiger partial charge in [0, 0.05) is 25.6 Å². The molecule has 23 heavy (non-hydrogen) atoms. The second-order valence-electron chi connectivity index (χ2n) is 5.59. The second-order valence-corrected chi connectivity index (χ2v) is 5.90. The minimum Gasteiger partial charge on any atom is -0.460 e. The van der Waals surface area contributed by atoms with Crippen LogP contribution in [0, 0.1) is 16.7 Å². The van der Waals surface area contributed by atoms with E-state index in [4.69, 9.17) is 21.1 Å². The van der Waals surface area contributed by atoms with Gasteiger partial charge in [-0.05, 0) is 19.4 Å². The van der Waals surface area contributed by atoms with Crippen LogP contribution in [-0.4, -0.2) is 37.6 Å². The molecule has 5 nitrogen and oxygen atoms in total. The summed E-state index contributed by atoms with van der Waals surface area (Å²) < 4.78 is 10.5. The van der Waals surface area contributed by atoms with Gasteiger partial charge in [-0.15, -0.1) is 11.6 Å². The molecule has 0 aliphatic carbocycles. The number of halogens is 1. The van der Waals surface area contributed by atoms with Crippen LogP contribution in [0.3, 0.4) is 0 Å². The summed E-state index contributed by atoms with van der Waals surface area (Å²) in [6, 6.07) is 11.2. The fourth-order valence-corrected chi connectivity index (χ4v) is 2.25. The summed E-state index contributed by atoms with van der Waals surface area (Å²) in [7, 11) is 1.59. The van der Waals surface area contributed by atoms with Crippen molar-refractivity contribution in [2.24, 2.45) is 5.41 Å². The Morgan fingerprint density at radius 3 is 2.61 bits per heavy atom. The smallest absolute Gasteiger partial charge is 0.327 e. The number of hydrogen-bond acceptors (Lipinski definition) is 5. The maximum atomic E-state index is 12.3. The molecule has 0 saturated heterocycles. The highest BCUT2D eigenvalue weighted by Crippen LogP contribution is 2.18. The van der Waals surface area contributed by atoms with Crippen LogP contribution in [0.15, 0.2) is 30.3 Å². The van der Waals surface area contributed by atoms with Crippen LogP contribution in [0.4, 0.5) is 0 Å². The van der Waals surface area contributed by atoms with Crippen LogP contribution in [0.1, 0.15) is 19.4 Å². The summed E-state index contributed by atoms with van der Waals surface area (Å²) in [4.78, 5) is 12.3. The molecule has 2 unspecified atom stereocenters. The summed E-state index contributed by atoms with van der Waals surface area (Å²) in [6.45, 7) is 3.71. The topological polar surface area (TPSA) is 71.3 Å². The van der Waals surface area contributed by atoms with Gasteiger partial charge in [-0.1, -0.05) is 30.3 Å². The van der Waals surface area contributed by atoms with Gasteiger partial charge in [-0.3, -0.25) is 4.79 Å². The van der Waals surface area contributed by atoms with Crippen molar-refractivity contribution in [3.63, 3.8) is 0 Å². The van der Waals surface area contributed by atoms with Gasteiger partial charge in [-0.2, -0.15) is 5.26 Å². The van der Waals surface area contributed by atoms with Gasteiger partial charge in [-0.25, -0.2) is 0 Å². The SMILES string of the molecule is COC(C)[C@@H](CCl)NCC(C)(C#N)C(=O)OCc1ccccc1. The van der Waals surface area contributed by atoms with Crippen LogP contribution in [0.5, 0.6) is 0 Å². The van der Waals surface area contributed by atoms with Crippen LogP contribution < -0.4 is 5.32 Å². The molecular formula is C17H23ClN2O3. The van der Waals surface area contributed by atoms with Crippen molar-refractivity contribution in [1.82, 2.24) is 5.32 Å². The molecule has 0 saturated carbocycles. The summed E-state index contributed by atoms with van der Waals surface area (Å²) in [5, 5.41) is 12.5. The Morgan fingerprint density at radius 2 is 2.09 bits per heavy atom. The number of alkyl halides is 1. The first-order valence-corrected chi connectivity index (χ1v) is 7.95. The minimum absolute atomic E-state index is 0.129. The Labute approximate surface area is 142 Å². The largest absolute Gasteiger partial charge is 0.460 e. The fraction of sp³-hybridized carbons (Fsp3) is 0.529. The van der Waals surface area contributed by atoms with E-state index in [1.54, 1.807) is 14.0 Å². The van der Waals surface area contributed by atoms with Gasteiger partial charge in [0.1, 0.15) is 6.61 Å². The van der Waals surface area contributed by atoms with Gasteiger partial charge < -0.3 is 14.8 Å². The van der Waals surface area contributed by atoms with E-state index < -0.39 is 11.4 Å². The molecular weight excluding hydrogens is 316 g/mol. The Morgan fingerprint density at radius 1 is 1.43 bits per heavy atom. The predicted molar refractivity (Wildman–Crippen MR) is 88.9 cm³/mol. The minimum atomic E-state index is -1.29. The molecule has 3 atom stereocenters. The molecule has 6 heteroatoms. The van der Waals surface area contributed by atoms with E-state index >= 15 is 0 Å². The highest BCUT2D eigenvalue weighted by molar-refractivity contribution is 6.18. The zero-order valence-corrected chi connectivity index (χ0v) is 14.5. The lowest BCUT2D eigenvalue weighted by atomic mass is 9.92. The van der Waals surface area contributed by atoms with Crippen molar-refractivity contribution in [3.05, 3.63) is 35.9 Å². The third kappa shape index (κ3) is 5.83. The lowest BCUT2D eigenvalue weighted by Crippen LogP contribution is -2.47. The van der Waals surface area contributed by atoms with E-state index in [0.29, 0.717) is 5.88 Å². The number of esters is 1. The van der Waals surface area contributed by atoms with E-state index in [1.807, 2.05) is 43.3 Å². The summed E-state index contributed by atoms with van der Waals surface area (Å²) in [5.74, 6) is -0.245. The van der Waals surface area contributed by atoms with Gasteiger partial charge in [0.05, 0.1) is 12.2 Å². The quantitative estimate of drug-likeness (QED) is 0.553. The molecule has 0 heterocycles. The monoisotopic (exact) mass is 338 g/mol. The maximum absolute atomic E-state index is 12.3. The van der Waals surface area contributed by atoms with Gasteiger partial charge in [0.25, 0.3) is 0 Å². The van der Waals surface area contributed by atoms with Gasteiger partial charge in [0.2, 0.25) is 0 Å². The highest BCUT2D eigenvalue weighted by Gasteiger charge is 2.36. The van der Waals surface area contributed by atoms with Crippen LogP contribution in [-0.2, 0) is 20.9 Å². The zero-order valence-electron chi connectivity index (χ0n) is 13.7. The first-order valence-electron chi connectivity index (χ1n) is 7.41. The fourth-order valence-electron chi connectivity index (χ4n) is 1.89. The van der Waals surface area contributed by atoms with Crippen molar-refractivity contribution in [2.45, 2.75) is 32.6 Å². The number of carbonyl (C=O) groups is 1. The Hall–Kier alpha value is -1.61. The van der Waals surface area contributed by atoms with E-state index in [-0.39, 0.29) is 25.3 Å². The van der Waals surface area contributed by atoms with E-state index in [1.165, 1.54) is 0 Å². The average Bonchev–Trinajstić information content (AvgIpc) is 2.60. The van der Waals surface area contributed by atoms with E-state index in [2.05, 4.69) is 5.32 Å². The number of rotatable bonds is 9. The molecule has 1 N–H and O–H groups in total. The van der Waals surface area contributed by atoms with Crippen molar-refractivity contribution >= 4 is 17.6 Å². The molecule has 0 aliphatic rings. The molecule has 1 rings (SSSR count). The highest BCUT2D eigenvalue weighted by atomic mass is 35.5. The lowest BCUT2D eigenvalue weighted by Gasteiger charge is -2.26. The average molecular weight is 339 g/mol. The lowest BCUT2D eigenvalue weighted by molar-refractivity contribution is -0.153. The maximum Gasteiger partial charge on any atom is 0.327 e. The second kappa shape index (κ2) is 9.51. The predicted octanol–water partition coefficient (Wildman–Crippen LogP) is 2.49. The molecule has 0 radical (unpaired) electrons. The standard InChI is InChI=1S/C17H23ClN2O3/c1-13(22-3)15(9-18)20-12-17(2,11-19)16(21)23-10-14-7-5-4-6-8-14/h4-8,13,15,20H,9-10,12H2,1-3H3/t13?,15-,17?/m1/s1. The molecule has 0 aliphatic heterocycles. The van der Waals surface area contributed by atoms with Crippen LogP contribution >= 0.6 is 11.6 Å². The summed E-state index contributed by atoms with van der Waals surface area (Å²) in [6.07, 6.45) is -0.129. The number of benzene rings is 1. The number of ether oxygens (including phenoxy) is 2. The van der Waals surface area contributed by atoms with Crippen molar-refractivity contribution in [1.29, 1.82) is 5.26 Å². The van der Waals surface area contributed by atoms with Crippen molar-refractivity contribution in [2.75, 3.05) is 19.5 Å². The third-order valence-corrected chi connectivity index (χ3v) is 4.06. The van der Waals surface area contributed by atoms with Gasteiger partial charge >= 0.3 is 5.97 Å². The molecule has 1 aromatic carbocycles. The molecule has 0 fully saturated rings. The Bertz CT molecular complexity index is 532. The molecule has 1 aromatic rings. The van der Waals surface area contributed by atoms with Crippen molar-refractivity contribution < 1.29 is 14.3 Å². The Balaban J connectivity index is 2.61. The molecule has 0 aromatic heterocycles. The number of nitriles is 1. The number of carbonyl (C=O) groups excluding carboxylic acids is 1. The summed E-state index contributed by atoms with van der Waals surface area (Å²) >= 11 is 5.89. The van der Waals surface area contributed by atoms with E-state index in [9.17, 15) is 10.1 Å². The number of nitrogens with zero attached hydrogens (tertiary/aromatic N) is 1. The third-order valence-electron chi connectivity index (χ3n) is 3.73. The summed E-state index contributed by atoms with van der Waals surface area (Å²) in [5.41, 5.74) is -0.409.